The van der Waals surface area contributed by atoms with Crippen molar-refractivity contribution in [2.75, 3.05) is 6.54 Å². The number of esters is 1. The Morgan fingerprint density at radius 3 is 2.57 bits per heavy atom. The van der Waals surface area contributed by atoms with E-state index in [4.69, 9.17) is 17.0 Å². The Morgan fingerprint density at radius 2 is 2.21 bits per heavy atom. The van der Waals surface area contributed by atoms with Gasteiger partial charge in [-0.25, -0.2) is 0 Å². The molecule has 0 aromatic carbocycles. The van der Waals surface area contributed by atoms with E-state index in [0.29, 0.717) is 4.99 Å². The van der Waals surface area contributed by atoms with Crippen LogP contribution in [0.1, 0.15) is 27.7 Å². The first-order valence-electron chi connectivity index (χ1n) is 4.83. The smallest absolute Gasteiger partial charge is 0.316 e. The molecule has 14 heavy (non-hydrogen) atoms. The second-order valence-electron chi connectivity index (χ2n) is 4.63. The zero-order valence-electron chi connectivity index (χ0n) is 9.09. The van der Waals surface area contributed by atoms with Gasteiger partial charge in [0.05, 0.1) is 11.1 Å². The van der Waals surface area contributed by atoms with Crippen LogP contribution in [0.4, 0.5) is 0 Å². The maximum atomic E-state index is 11.7. The first-order chi connectivity index (χ1) is 6.34. The zero-order chi connectivity index (χ0) is 10.9. The van der Waals surface area contributed by atoms with E-state index in [1.165, 1.54) is 0 Å². The van der Waals surface area contributed by atoms with E-state index in [2.05, 4.69) is 5.32 Å². The van der Waals surface area contributed by atoms with Crippen molar-refractivity contribution in [3.8, 4) is 0 Å². The predicted octanol–water partition coefficient (Wildman–Crippen LogP) is 1.51. The van der Waals surface area contributed by atoms with Crippen LogP contribution < -0.4 is 5.32 Å². The van der Waals surface area contributed by atoms with E-state index in [1.807, 2.05) is 27.7 Å². The summed E-state index contributed by atoms with van der Waals surface area (Å²) in [4.78, 5) is 12.3. The Kier molecular flexibility index (Phi) is 3.14. The van der Waals surface area contributed by atoms with Crippen molar-refractivity contribution < 1.29 is 9.53 Å². The lowest BCUT2D eigenvalue weighted by Gasteiger charge is -2.23. The van der Waals surface area contributed by atoms with Crippen LogP contribution in [0.5, 0.6) is 0 Å². The molecule has 0 amide bonds. The lowest BCUT2D eigenvalue weighted by Crippen LogP contribution is -2.34. The fourth-order valence-electron chi connectivity index (χ4n) is 1.60. The van der Waals surface area contributed by atoms with Gasteiger partial charge >= 0.3 is 5.97 Å². The van der Waals surface area contributed by atoms with Crippen molar-refractivity contribution in [1.82, 2.24) is 5.32 Å². The number of hydrogen-bond donors (Lipinski definition) is 1. The molecule has 0 bridgehead atoms. The predicted molar refractivity (Wildman–Crippen MR) is 59.1 cm³/mol. The largest absolute Gasteiger partial charge is 0.462 e. The lowest BCUT2D eigenvalue weighted by atomic mass is 9.82. The third kappa shape index (κ3) is 2.23. The Labute approximate surface area is 90.2 Å². The van der Waals surface area contributed by atoms with Gasteiger partial charge in [-0.05, 0) is 13.8 Å². The van der Waals surface area contributed by atoms with Gasteiger partial charge in [0.25, 0.3) is 0 Å². The van der Waals surface area contributed by atoms with Gasteiger partial charge in [0.2, 0.25) is 0 Å². The van der Waals surface area contributed by atoms with Crippen LogP contribution in [0.2, 0.25) is 0 Å². The molecule has 1 aliphatic heterocycles. The molecule has 1 atom stereocenters. The molecule has 0 aromatic heterocycles. The second kappa shape index (κ2) is 3.85. The molecule has 0 aliphatic carbocycles. The van der Waals surface area contributed by atoms with Gasteiger partial charge in [-0.3, -0.25) is 4.79 Å². The normalized spacial score (nSPS) is 24.9. The summed E-state index contributed by atoms with van der Waals surface area (Å²) in [6.07, 6.45) is -0.0818. The van der Waals surface area contributed by atoms with Crippen LogP contribution >= 0.6 is 12.2 Å². The van der Waals surface area contributed by atoms with Crippen molar-refractivity contribution >= 4 is 23.2 Å². The molecule has 1 saturated heterocycles. The first kappa shape index (κ1) is 11.4. The molecule has 80 valence electrons. The summed E-state index contributed by atoms with van der Waals surface area (Å²) in [5, 5.41) is 3.04. The number of carbonyl (C=O) groups is 1. The van der Waals surface area contributed by atoms with Crippen LogP contribution in [-0.2, 0) is 9.53 Å². The Morgan fingerprint density at radius 1 is 1.64 bits per heavy atom. The van der Waals surface area contributed by atoms with Crippen molar-refractivity contribution in [3.05, 3.63) is 0 Å². The minimum absolute atomic E-state index is 0.0818. The molecule has 1 rings (SSSR count). The average molecular weight is 215 g/mol. The van der Waals surface area contributed by atoms with E-state index < -0.39 is 0 Å². The van der Waals surface area contributed by atoms with E-state index in [0.717, 1.165) is 6.54 Å². The summed E-state index contributed by atoms with van der Waals surface area (Å²) >= 11 is 5.11. The van der Waals surface area contributed by atoms with Crippen molar-refractivity contribution in [2.24, 2.45) is 11.3 Å². The average Bonchev–Trinajstić information content (AvgIpc) is 2.24. The molecule has 1 heterocycles. The third-order valence-corrected chi connectivity index (χ3v) is 2.73. The maximum Gasteiger partial charge on any atom is 0.316 e. The molecule has 0 saturated carbocycles. The summed E-state index contributed by atoms with van der Waals surface area (Å²) in [5.41, 5.74) is -0.136. The fraction of sp³-hybridized carbons (Fsp3) is 0.800. The Bertz CT molecular complexity index is 261. The topological polar surface area (TPSA) is 38.3 Å². The van der Waals surface area contributed by atoms with Crippen LogP contribution in [0.3, 0.4) is 0 Å². The fourth-order valence-corrected chi connectivity index (χ4v) is 2.09. The highest BCUT2D eigenvalue weighted by atomic mass is 32.1. The standard InChI is InChI=1S/C10H17NO2S/c1-6(2)13-9(12)7-8(14)11-5-10(7,3)4/h6-7H,5H2,1-4H3,(H,11,14). The van der Waals surface area contributed by atoms with Crippen molar-refractivity contribution in [3.63, 3.8) is 0 Å². The molecule has 0 aromatic rings. The van der Waals surface area contributed by atoms with Gasteiger partial charge in [-0.1, -0.05) is 26.1 Å². The number of rotatable bonds is 2. The molecule has 0 radical (unpaired) electrons. The summed E-state index contributed by atoms with van der Waals surface area (Å²) in [7, 11) is 0. The van der Waals surface area contributed by atoms with Crippen molar-refractivity contribution in [1.29, 1.82) is 0 Å². The number of ether oxygens (including phenoxy) is 1. The molecule has 1 aliphatic rings. The highest BCUT2D eigenvalue weighted by Crippen LogP contribution is 2.32. The number of carbonyl (C=O) groups excluding carboxylic acids is 1. The van der Waals surface area contributed by atoms with Gasteiger partial charge in [0.1, 0.15) is 5.92 Å². The molecule has 1 unspecified atom stereocenters. The van der Waals surface area contributed by atoms with Gasteiger partial charge in [-0.15, -0.1) is 0 Å². The summed E-state index contributed by atoms with van der Waals surface area (Å²) in [5.74, 6) is -0.500. The van der Waals surface area contributed by atoms with Crippen LogP contribution in [-0.4, -0.2) is 23.6 Å². The van der Waals surface area contributed by atoms with E-state index in [1.54, 1.807) is 0 Å². The third-order valence-electron chi connectivity index (χ3n) is 2.35. The van der Waals surface area contributed by atoms with Gasteiger partial charge in [0.15, 0.2) is 0 Å². The Hall–Kier alpha value is -0.640. The monoisotopic (exact) mass is 215 g/mol. The maximum absolute atomic E-state index is 11.7. The SMILES string of the molecule is CC(C)OC(=O)C1C(=S)NCC1(C)C. The van der Waals surface area contributed by atoms with Gasteiger partial charge in [0, 0.05) is 12.0 Å². The summed E-state index contributed by atoms with van der Waals surface area (Å²) in [6.45, 7) is 8.47. The highest BCUT2D eigenvalue weighted by Gasteiger charge is 2.44. The lowest BCUT2D eigenvalue weighted by molar-refractivity contribution is -0.152. The minimum Gasteiger partial charge on any atom is -0.462 e. The van der Waals surface area contributed by atoms with Crippen LogP contribution in [0.15, 0.2) is 0 Å². The molecule has 1 fully saturated rings. The van der Waals surface area contributed by atoms with Crippen LogP contribution in [0.25, 0.3) is 0 Å². The summed E-state index contributed by atoms with van der Waals surface area (Å²) in [6, 6.07) is 0. The van der Waals surface area contributed by atoms with E-state index in [9.17, 15) is 4.79 Å². The van der Waals surface area contributed by atoms with E-state index in [-0.39, 0.29) is 23.4 Å². The minimum atomic E-state index is -0.292. The highest BCUT2D eigenvalue weighted by molar-refractivity contribution is 7.80. The molecular formula is C10H17NO2S. The van der Waals surface area contributed by atoms with Gasteiger partial charge in [-0.2, -0.15) is 0 Å². The molecule has 0 spiro atoms. The molecular weight excluding hydrogens is 198 g/mol. The van der Waals surface area contributed by atoms with Crippen LogP contribution in [0, 0.1) is 11.3 Å². The molecule has 4 heteroatoms. The molecule has 3 nitrogen and oxygen atoms in total. The van der Waals surface area contributed by atoms with E-state index >= 15 is 0 Å². The number of thiocarbonyl (C=S) groups is 1. The number of hydrogen-bond acceptors (Lipinski definition) is 3. The second-order valence-corrected chi connectivity index (χ2v) is 5.06. The first-order valence-corrected chi connectivity index (χ1v) is 5.23. The quantitative estimate of drug-likeness (QED) is 0.560. The van der Waals surface area contributed by atoms with Crippen molar-refractivity contribution in [2.45, 2.75) is 33.8 Å². The molecule has 1 N–H and O–H groups in total. The summed E-state index contributed by atoms with van der Waals surface area (Å²) < 4.78 is 5.17. The zero-order valence-corrected chi connectivity index (χ0v) is 9.90. The van der Waals surface area contributed by atoms with Gasteiger partial charge < -0.3 is 10.1 Å². The number of nitrogens with one attached hydrogen (secondary N) is 1. The Balaban J connectivity index is 2.75.